The highest BCUT2D eigenvalue weighted by atomic mass is 16.7. The molecule has 0 bridgehead atoms. The summed E-state index contributed by atoms with van der Waals surface area (Å²) in [6.45, 7) is -0.587. The number of esters is 1. The van der Waals surface area contributed by atoms with Gasteiger partial charge in [-0.05, 0) is 0 Å². The number of imide groups is 1. The minimum absolute atomic E-state index is 0.00894. The molecule has 1 saturated heterocycles. The Bertz CT molecular complexity index is 445. The highest BCUT2D eigenvalue weighted by molar-refractivity contribution is 6.01. The first-order chi connectivity index (χ1) is 9.93. The summed E-state index contributed by atoms with van der Waals surface area (Å²) < 4.78 is 8.90. The molecule has 0 atom stereocenters. The maximum atomic E-state index is 11.4. The van der Waals surface area contributed by atoms with Gasteiger partial charge in [-0.1, -0.05) is 0 Å². The van der Waals surface area contributed by atoms with Crippen molar-refractivity contribution in [2.75, 3.05) is 13.8 Å². The van der Waals surface area contributed by atoms with Gasteiger partial charge >= 0.3 is 18.0 Å². The van der Waals surface area contributed by atoms with Gasteiger partial charge in [-0.25, -0.2) is 9.59 Å². The molecule has 1 fully saturated rings. The lowest BCUT2D eigenvalue weighted by Crippen LogP contribution is -2.32. The maximum Gasteiger partial charge on any atom is 0.409 e. The Balaban J connectivity index is 2.20. The van der Waals surface area contributed by atoms with Gasteiger partial charge in [0.15, 0.2) is 0 Å². The van der Waals surface area contributed by atoms with Gasteiger partial charge in [0.2, 0.25) is 6.79 Å². The van der Waals surface area contributed by atoms with Crippen molar-refractivity contribution < 1.29 is 38.3 Å². The molecular formula is C11H14N2O8. The van der Waals surface area contributed by atoms with Crippen LogP contribution in [0.1, 0.15) is 25.7 Å². The molecule has 10 nitrogen and oxygen atoms in total. The van der Waals surface area contributed by atoms with Crippen LogP contribution in [-0.2, 0) is 33.5 Å². The maximum absolute atomic E-state index is 11.4. The average Bonchev–Trinajstić information content (AvgIpc) is 2.76. The van der Waals surface area contributed by atoms with Crippen LogP contribution in [0.3, 0.4) is 0 Å². The van der Waals surface area contributed by atoms with E-state index in [0.717, 1.165) is 0 Å². The first kappa shape index (κ1) is 16.4. The number of amides is 3. The fraction of sp³-hybridized carbons (Fsp3) is 0.545. The van der Waals surface area contributed by atoms with E-state index >= 15 is 0 Å². The lowest BCUT2D eigenvalue weighted by molar-refractivity contribution is -0.197. The van der Waals surface area contributed by atoms with Crippen LogP contribution in [0, 0.1) is 0 Å². The van der Waals surface area contributed by atoms with Gasteiger partial charge in [-0.15, -0.1) is 5.06 Å². The molecule has 0 saturated carbocycles. The van der Waals surface area contributed by atoms with E-state index in [4.69, 9.17) is 0 Å². The molecule has 0 spiro atoms. The van der Waals surface area contributed by atoms with E-state index in [1.807, 2.05) is 0 Å². The third kappa shape index (κ3) is 5.47. The number of rotatable bonds is 6. The van der Waals surface area contributed by atoms with E-state index in [1.54, 1.807) is 0 Å². The summed E-state index contributed by atoms with van der Waals surface area (Å²) in [6, 6.07) is 0. The van der Waals surface area contributed by atoms with E-state index in [2.05, 4.69) is 19.6 Å². The summed E-state index contributed by atoms with van der Waals surface area (Å²) in [4.78, 5) is 60.1. The van der Waals surface area contributed by atoms with Crippen molar-refractivity contribution in [1.82, 2.24) is 10.4 Å². The molecule has 1 N–H and O–H groups in total. The molecule has 0 aromatic heterocycles. The number of alkyl carbamates (subject to hydrolysis) is 1. The fourth-order valence-electron chi connectivity index (χ4n) is 1.30. The molecule has 1 heterocycles. The van der Waals surface area contributed by atoms with Crippen LogP contribution < -0.4 is 5.32 Å². The molecule has 1 aliphatic heterocycles. The fourth-order valence-corrected chi connectivity index (χ4v) is 1.30. The van der Waals surface area contributed by atoms with E-state index in [0.29, 0.717) is 5.06 Å². The number of carbonyl (C=O) groups is 5. The summed E-state index contributed by atoms with van der Waals surface area (Å²) in [5, 5.41) is 2.53. The summed E-state index contributed by atoms with van der Waals surface area (Å²) in [5.74, 6) is -2.91. The van der Waals surface area contributed by atoms with Crippen molar-refractivity contribution in [2.45, 2.75) is 25.7 Å². The van der Waals surface area contributed by atoms with Gasteiger partial charge in [-0.2, -0.15) is 0 Å². The van der Waals surface area contributed by atoms with Crippen LogP contribution >= 0.6 is 0 Å². The van der Waals surface area contributed by atoms with Gasteiger partial charge < -0.3 is 19.6 Å². The number of ether oxygens (including phenoxy) is 2. The third-order valence-electron chi connectivity index (χ3n) is 2.35. The van der Waals surface area contributed by atoms with Gasteiger partial charge in [-0.3, -0.25) is 14.4 Å². The zero-order chi connectivity index (χ0) is 15.8. The van der Waals surface area contributed by atoms with Gasteiger partial charge in [0.05, 0.1) is 12.8 Å². The minimum atomic E-state index is -0.914. The van der Waals surface area contributed by atoms with E-state index in [9.17, 15) is 24.0 Å². The molecule has 1 rings (SSSR count). The van der Waals surface area contributed by atoms with Crippen LogP contribution in [-0.4, -0.2) is 48.8 Å². The molecule has 116 valence electrons. The van der Waals surface area contributed by atoms with Crippen LogP contribution in [0.5, 0.6) is 0 Å². The smallest absolute Gasteiger partial charge is 0.409 e. The van der Waals surface area contributed by atoms with Gasteiger partial charge in [0.25, 0.3) is 11.8 Å². The highest BCUT2D eigenvalue weighted by Gasteiger charge is 2.32. The van der Waals surface area contributed by atoms with Crippen LogP contribution in [0.4, 0.5) is 4.79 Å². The second-order valence-electron chi connectivity index (χ2n) is 3.86. The first-order valence-corrected chi connectivity index (χ1v) is 6.00. The molecule has 10 heteroatoms. The zero-order valence-electron chi connectivity index (χ0n) is 11.2. The van der Waals surface area contributed by atoms with Crippen molar-refractivity contribution >= 4 is 29.8 Å². The standard InChI is InChI=1S/C11H14N2O8/c1-12-11(18)20-6-19-9(16)4-5-10(17)21-13-7(14)2-3-8(13)15/h2-6H2,1H3,(H,12,18). The Morgan fingerprint density at radius 2 is 1.62 bits per heavy atom. The van der Waals surface area contributed by atoms with Crippen LogP contribution in [0.25, 0.3) is 0 Å². The quantitative estimate of drug-likeness (QED) is 0.385. The summed E-state index contributed by atoms with van der Waals surface area (Å²) in [5.41, 5.74) is 0. The van der Waals surface area contributed by atoms with Crippen molar-refractivity contribution in [1.29, 1.82) is 0 Å². The van der Waals surface area contributed by atoms with Crippen molar-refractivity contribution in [3.05, 3.63) is 0 Å². The molecule has 0 unspecified atom stereocenters. The second kappa shape index (κ2) is 7.82. The van der Waals surface area contributed by atoms with Crippen molar-refractivity contribution in [2.24, 2.45) is 0 Å². The molecule has 0 aromatic carbocycles. The minimum Gasteiger partial charge on any atom is -0.428 e. The predicted octanol–water partition coefficient (Wildman–Crippen LogP) is -0.770. The number of nitrogens with one attached hydrogen (secondary N) is 1. The Labute approximate surface area is 119 Å². The van der Waals surface area contributed by atoms with Crippen molar-refractivity contribution in [3.8, 4) is 0 Å². The zero-order valence-corrected chi connectivity index (χ0v) is 11.2. The molecule has 3 amide bonds. The molecule has 1 aliphatic rings. The predicted molar refractivity (Wildman–Crippen MR) is 62.9 cm³/mol. The number of hydrogen-bond acceptors (Lipinski definition) is 8. The van der Waals surface area contributed by atoms with Crippen LogP contribution in [0.2, 0.25) is 0 Å². The Hall–Kier alpha value is -2.65. The normalized spacial score (nSPS) is 13.9. The molecule has 21 heavy (non-hydrogen) atoms. The largest absolute Gasteiger partial charge is 0.428 e. The SMILES string of the molecule is CNC(=O)OCOC(=O)CCC(=O)ON1C(=O)CCC1=O. The topological polar surface area (TPSA) is 128 Å². The molecule has 0 aromatic rings. The molecule has 0 radical (unpaired) electrons. The number of hydroxylamine groups is 2. The number of hydrogen-bond donors (Lipinski definition) is 1. The van der Waals surface area contributed by atoms with E-state index < -0.39 is 36.6 Å². The van der Waals surface area contributed by atoms with Gasteiger partial charge in [0, 0.05) is 19.9 Å². The third-order valence-corrected chi connectivity index (χ3v) is 2.35. The average molecular weight is 302 g/mol. The molecule has 0 aliphatic carbocycles. The highest BCUT2D eigenvalue weighted by Crippen LogP contribution is 2.12. The summed E-state index contributed by atoms with van der Waals surface area (Å²) >= 11 is 0. The van der Waals surface area contributed by atoms with Gasteiger partial charge in [0.1, 0.15) is 0 Å². The van der Waals surface area contributed by atoms with E-state index in [-0.39, 0.29) is 25.7 Å². The number of carbonyl (C=O) groups excluding carboxylic acids is 5. The monoisotopic (exact) mass is 302 g/mol. The lowest BCUT2D eigenvalue weighted by atomic mass is 10.3. The van der Waals surface area contributed by atoms with E-state index in [1.165, 1.54) is 7.05 Å². The Morgan fingerprint density at radius 1 is 1.05 bits per heavy atom. The molecular weight excluding hydrogens is 288 g/mol. The first-order valence-electron chi connectivity index (χ1n) is 6.00. The Kier molecular flexibility index (Phi) is 6.11. The summed E-state index contributed by atoms with van der Waals surface area (Å²) in [6.07, 6.45) is -1.51. The van der Waals surface area contributed by atoms with Crippen LogP contribution in [0.15, 0.2) is 0 Å². The summed E-state index contributed by atoms with van der Waals surface area (Å²) in [7, 11) is 1.33. The van der Waals surface area contributed by atoms with Crippen molar-refractivity contribution in [3.63, 3.8) is 0 Å². The second-order valence-corrected chi connectivity index (χ2v) is 3.86. The lowest BCUT2D eigenvalue weighted by Gasteiger charge is -2.12. The Morgan fingerprint density at radius 3 is 2.19 bits per heavy atom. The number of nitrogens with zero attached hydrogens (tertiary/aromatic N) is 1.